The molecule has 0 saturated carbocycles. The summed E-state index contributed by atoms with van der Waals surface area (Å²) >= 11 is 0. The Bertz CT molecular complexity index is 752. The fourth-order valence-electron chi connectivity index (χ4n) is 1.78. The number of carboxylic acid groups (broad SMARTS) is 1. The van der Waals surface area contributed by atoms with Gasteiger partial charge in [-0.25, -0.2) is 14.3 Å². The van der Waals surface area contributed by atoms with E-state index in [1.165, 1.54) is 31.8 Å². The van der Waals surface area contributed by atoms with Crippen LogP contribution in [-0.4, -0.2) is 30.0 Å². The van der Waals surface area contributed by atoms with Crippen molar-refractivity contribution in [2.45, 2.75) is 13.0 Å². The highest BCUT2D eigenvalue weighted by molar-refractivity contribution is 5.78. The number of nitrogens with zero attached hydrogens (tertiary/aromatic N) is 4. The maximum atomic E-state index is 12.0. The van der Waals surface area contributed by atoms with E-state index in [9.17, 15) is 14.4 Å². The molecule has 1 N–H and O–H groups in total. The Kier molecular flexibility index (Phi) is 2.57. The lowest BCUT2D eigenvalue weighted by molar-refractivity contribution is -0.140. The molecule has 2 rings (SSSR count). The van der Waals surface area contributed by atoms with Gasteiger partial charge in [0.1, 0.15) is 6.04 Å². The first-order valence-electron chi connectivity index (χ1n) is 5.22. The van der Waals surface area contributed by atoms with Gasteiger partial charge in [0.15, 0.2) is 5.52 Å². The Hall–Kier alpha value is -2.38. The molecule has 96 valence electrons. The van der Waals surface area contributed by atoms with Crippen LogP contribution in [-0.2, 0) is 18.9 Å². The first kappa shape index (κ1) is 12.1. The predicted octanol–water partition coefficient (Wildman–Crippen LogP) is -0.921. The van der Waals surface area contributed by atoms with Gasteiger partial charge in [-0.2, -0.15) is 5.10 Å². The summed E-state index contributed by atoms with van der Waals surface area (Å²) < 4.78 is 3.29. The van der Waals surface area contributed by atoms with Crippen LogP contribution in [0.25, 0.3) is 11.0 Å². The number of aromatic nitrogens is 4. The van der Waals surface area contributed by atoms with Gasteiger partial charge >= 0.3 is 11.7 Å². The normalized spacial score (nSPS) is 12.8. The molecule has 1 atom stereocenters. The van der Waals surface area contributed by atoms with Gasteiger partial charge in [-0.3, -0.25) is 13.9 Å². The smallest absolute Gasteiger partial charge is 0.331 e. The van der Waals surface area contributed by atoms with Crippen molar-refractivity contribution in [2.75, 3.05) is 0 Å². The van der Waals surface area contributed by atoms with Crippen molar-refractivity contribution < 1.29 is 9.90 Å². The average molecular weight is 252 g/mol. The third-order valence-corrected chi connectivity index (χ3v) is 2.94. The molecule has 0 fully saturated rings. The fraction of sp³-hybridized carbons (Fsp3) is 0.400. The molecule has 0 bridgehead atoms. The lowest BCUT2D eigenvalue weighted by Gasteiger charge is -2.09. The lowest BCUT2D eigenvalue weighted by Crippen LogP contribution is -2.37. The van der Waals surface area contributed by atoms with Crippen molar-refractivity contribution >= 4 is 17.0 Å². The van der Waals surface area contributed by atoms with E-state index in [4.69, 9.17) is 5.11 Å². The topological polar surface area (TPSA) is 99.1 Å². The van der Waals surface area contributed by atoms with E-state index in [0.717, 1.165) is 9.25 Å². The molecule has 0 aliphatic rings. The Morgan fingerprint density at radius 1 is 1.33 bits per heavy atom. The molecule has 2 aromatic rings. The van der Waals surface area contributed by atoms with E-state index in [-0.39, 0.29) is 5.52 Å². The maximum absolute atomic E-state index is 12.0. The molecule has 0 unspecified atom stereocenters. The van der Waals surface area contributed by atoms with Crippen molar-refractivity contribution in [3.8, 4) is 0 Å². The van der Waals surface area contributed by atoms with E-state index >= 15 is 0 Å². The van der Waals surface area contributed by atoms with Gasteiger partial charge in [0.2, 0.25) is 0 Å². The van der Waals surface area contributed by atoms with Gasteiger partial charge in [0.05, 0.1) is 11.7 Å². The van der Waals surface area contributed by atoms with E-state index < -0.39 is 23.3 Å². The minimum atomic E-state index is -1.10. The Labute approximate surface area is 101 Å². The van der Waals surface area contributed by atoms with Gasteiger partial charge in [-0.05, 0) is 6.92 Å². The molecule has 0 radical (unpaired) electrons. The highest BCUT2D eigenvalue weighted by Gasteiger charge is 2.21. The summed E-state index contributed by atoms with van der Waals surface area (Å²) in [5.74, 6) is -1.10. The van der Waals surface area contributed by atoms with Gasteiger partial charge in [0.25, 0.3) is 5.56 Å². The minimum absolute atomic E-state index is 0.106. The van der Waals surface area contributed by atoms with Crippen LogP contribution in [0.15, 0.2) is 15.8 Å². The zero-order chi connectivity index (χ0) is 13.6. The second-order valence-corrected chi connectivity index (χ2v) is 4.04. The summed E-state index contributed by atoms with van der Waals surface area (Å²) in [5.41, 5.74) is -0.612. The van der Waals surface area contributed by atoms with Gasteiger partial charge < -0.3 is 5.11 Å². The first-order chi connectivity index (χ1) is 8.36. The lowest BCUT2D eigenvalue weighted by atomic mass is 10.3. The molecule has 0 aliphatic carbocycles. The number of hydrogen-bond acceptors (Lipinski definition) is 4. The third-order valence-electron chi connectivity index (χ3n) is 2.94. The van der Waals surface area contributed by atoms with Crippen molar-refractivity contribution in [2.24, 2.45) is 14.1 Å². The minimum Gasteiger partial charge on any atom is -0.480 e. The zero-order valence-corrected chi connectivity index (χ0v) is 10.1. The molecule has 8 nitrogen and oxygen atoms in total. The highest BCUT2D eigenvalue weighted by Crippen LogP contribution is 2.12. The van der Waals surface area contributed by atoms with Crippen molar-refractivity contribution in [3.63, 3.8) is 0 Å². The maximum Gasteiger partial charge on any atom is 0.331 e. The summed E-state index contributed by atoms with van der Waals surface area (Å²) in [6, 6.07) is -0.979. The van der Waals surface area contributed by atoms with E-state index in [1.54, 1.807) is 0 Å². The molecule has 0 amide bonds. The van der Waals surface area contributed by atoms with Crippen LogP contribution in [0.1, 0.15) is 13.0 Å². The van der Waals surface area contributed by atoms with E-state index in [2.05, 4.69) is 5.10 Å². The molecule has 0 aliphatic heterocycles. The molecule has 0 saturated heterocycles. The van der Waals surface area contributed by atoms with Crippen LogP contribution in [0.4, 0.5) is 0 Å². The van der Waals surface area contributed by atoms with Crippen LogP contribution < -0.4 is 11.2 Å². The van der Waals surface area contributed by atoms with Gasteiger partial charge in [-0.1, -0.05) is 0 Å². The average Bonchev–Trinajstić information content (AvgIpc) is 2.77. The third kappa shape index (κ3) is 1.45. The first-order valence-corrected chi connectivity index (χ1v) is 5.22. The Morgan fingerprint density at radius 3 is 2.50 bits per heavy atom. The number of hydrogen-bond donors (Lipinski definition) is 1. The monoisotopic (exact) mass is 252 g/mol. The highest BCUT2D eigenvalue weighted by atomic mass is 16.4. The molecule has 2 heterocycles. The van der Waals surface area contributed by atoms with Gasteiger partial charge in [0, 0.05) is 14.1 Å². The van der Waals surface area contributed by atoms with Crippen molar-refractivity contribution in [1.82, 2.24) is 18.9 Å². The second-order valence-electron chi connectivity index (χ2n) is 4.04. The Morgan fingerprint density at radius 2 is 1.94 bits per heavy atom. The van der Waals surface area contributed by atoms with Crippen molar-refractivity contribution in [1.29, 1.82) is 0 Å². The number of carbonyl (C=O) groups is 1. The summed E-state index contributed by atoms with van der Waals surface area (Å²) in [6.45, 7) is 1.42. The molecular formula is C10H12N4O4. The number of carboxylic acids is 1. The summed E-state index contributed by atoms with van der Waals surface area (Å²) in [5, 5.41) is 12.8. The molecular weight excluding hydrogens is 240 g/mol. The SMILES string of the molecule is C[C@@H](C(=O)O)n1ncc2c1c(=O)n(C)c(=O)n2C. The van der Waals surface area contributed by atoms with Crippen LogP contribution in [0.2, 0.25) is 0 Å². The van der Waals surface area contributed by atoms with Gasteiger partial charge in [-0.15, -0.1) is 0 Å². The van der Waals surface area contributed by atoms with Crippen LogP contribution in [0.3, 0.4) is 0 Å². The number of rotatable bonds is 2. The van der Waals surface area contributed by atoms with Crippen LogP contribution in [0.5, 0.6) is 0 Å². The molecule has 8 heteroatoms. The fourth-order valence-corrected chi connectivity index (χ4v) is 1.78. The zero-order valence-electron chi connectivity index (χ0n) is 10.1. The van der Waals surface area contributed by atoms with Crippen molar-refractivity contribution in [3.05, 3.63) is 27.0 Å². The summed E-state index contributed by atoms with van der Waals surface area (Å²) in [4.78, 5) is 34.6. The number of fused-ring (bicyclic) bond motifs is 1. The number of aliphatic carboxylic acids is 1. The molecule has 0 aromatic carbocycles. The largest absolute Gasteiger partial charge is 0.480 e. The Balaban J connectivity index is 2.95. The quantitative estimate of drug-likeness (QED) is 0.745. The van der Waals surface area contributed by atoms with E-state index in [0.29, 0.717) is 5.52 Å². The number of aryl methyl sites for hydroxylation is 1. The van der Waals surface area contributed by atoms with Crippen LogP contribution >= 0.6 is 0 Å². The second kappa shape index (κ2) is 3.83. The molecule has 18 heavy (non-hydrogen) atoms. The predicted molar refractivity (Wildman–Crippen MR) is 62.6 cm³/mol. The molecule has 2 aromatic heterocycles. The van der Waals surface area contributed by atoms with Crippen LogP contribution in [0, 0.1) is 0 Å². The van der Waals surface area contributed by atoms with E-state index in [1.807, 2.05) is 0 Å². The standard InChI is InChI=1S/C10H12N4O4/c1-5(9(16)17)14-7-6(4-11-14)12(2)10(18)13(3)8(7)15/h4-5H,1-3H3,(H,16,17)/t5-/m0/s1. The molecule has 0 spiro atoms. The summed E-state index contributed by atoms with van der Waals surface area (Å²) in [7, 11) is 2.84. The summed E-state index contributed by atoms with van der Waals surface area (Å²) in [6.07, 6.45) is 1.32.